The van der Waals surface area contributed by atoms with Crippen molar-refractivity contribution in [1.82, 2.24) is 9.97 Å². The number of rotatable bonds is 5. The number of pyridine rings is 2. The highest BCUT2D eigenvalue weighted by Gasteiger charge is 2.10. The minimum absolute atomic E-state index is 0.113. The molecule has 1 amide bonds. The molecule has 2 heterocycles. The second kappa shape index (κ2) is 6.79. The minimum atomic E-state index is -0.216. The fourth-order valence-electron chi connectivity index (χ4n) is 2.25. The molecular formula is C18H15N3O2. The average molecular weight is 305 g/mol. The van der Waals surface area contributed by atoms with Crippen LogP contribution in [0.2, 0.25) is 0 Å². The third-order valence-corrected chi connectivity index (χ3v) is 3.40. The lowest BCUT2D eigenvalue weighted by Crippen LogP contribution is -2.14. The molecule has 0 unspecified atom stereocenters. The van der Waals surface area contributed by atoms with Crippen LogP contribution in [0.1, 0.15) is 23.3 Å². The first-order valence-electron chi connectivity index (χ1n) is 7.31. The molecule has 5 nitrogen and oxygen atoms in total. The lowest BCUT2D eigenvalue weighted by Gasteiger charge is -2.06. The summed E-state index contributed by atoms with van der Waals surface area (Å²) in [6.07, 6.45) is 3.42. The number of benzene rings is 1. The molecule has 1 N–H and O–H groups in total. The van der Waals surface area contributed by atoms with Crippen molar-refractivity contribution in [1.29, 1.82) is 0 Å². The summed E-state index contributed by atoms with van der Waals surface area (Å²) < 4.78 is 0. The SMILES string of the molecule is O=C(CCC(=O)c1ccccn1)Nc1cnc2ccccc2c1. The number of carbonyl (C=O) groups is 2. The van der Waals surface area contributed by atoms with Gasteiger partial charge in [-0.05, 0) is 24.3 Å². The normalized spacial score (nSPS) is 10.4. The van der Waals surface area contributed by atoms with E-state index in [0.29, 0.717) is 11.4 Å². The van der Waals surface area contributed by atoms with Crippen LogP contribution in [-0.2, 0) is 4.79 Å². The van der Waals surface area contributed by atoms with Gasteiger partial charge < -0.3 is 5.32 Å². The number of hydrogen-bond donors (Lipinski definition) is 1. The van der Waals surface area contributed by atoms with Crippen molar-refractivity contribution < 1.29 is 9.59 Å². The molecule has 0 bridgehead atoms. The molecule has 0 spiro atoms. The zero-order chi connectivity index (χ0) is 16.1. The van der Waals surface area contributed by atoms with Gasteiger partial charge in [-0.25, -0.2) is 0 Å². The Balaban J connectivity index is 1.59. The summed E-state index contributed by atoms with van der Waals surface area (Å²) in [4.78, 5) is 32.2. The molecule has 3 rings (SSSR count). The highest BCUT2D eigenvalue weighted by atomic mass is 16.2. The molecule has 0 aliphatic rings. The van der Waals surface area contributed by atoms with E-state index in [1.165, 1.54) is 0 Å². The van der Waals surface area contributed by atoms with Crippen molar-refractivity contribution in [3.63, 3.8) is 0 Å². The standard InChI is InChI=1S/C18H15N3O2/c22-17(16-7-3-4-10-19-16)8-9-18(23)21-14-11-13-5-1-2-6-15(13)20-12-14/h1-7,10-12H,8-9H2,(H,21,23). The number of fused-ring (bicyclic) bond motifs is 1. The van der Waals surface area contributed by atoms with Crippen LogP contribution in [0.3, 0.4) is 0 Å². The van der Waals surface area contributed by atoms with E-state index in [1.54, 1.807) is 30.6 Å². The van der Waals surface area contributed by atoms with Crippen LogP contribution >= 0.6 is 0 Å². The number of Topliss-reactive ketones (excluding diaryl/α,β-unsaturated/α-hetero) is 1. The van der Waals surface area contributed by atoms with Gasteiger partial charge in [-0.3, -0.25) is 19.6 Å². The first-order valence-corrected chi connectivity index (χ1v) is 7.31. The van der Waals surface area contributed by atoms with Gasteiger partial charge in [0.05, 0.1) is 17.4 Å². The molecule has 0 atom stereocenters. The second-order valence-corrected chi connectivity index (χ2v) is 5.10. The maximum absolute atomic E-state index is 12.0. The first kappa shape index (κ1) is 14.8. The molecule has 2 aromatic heterocycles. The maximum atomic E-state index is 12.0. The van der Waals surface area contributed by atoms with Crippen LogP contribution in [0.25, 0.3) is 10.9 Å². The summed E-state index contributed by atoms with van der Waals surface area (Å²) in [5, 5.41) is 3.72. The molecule has 1 aromatic carbocycles. The van der Waals surface area contributed by atoms with Gasteiger partial charge >= 0.3 is 0 Å². The van der Waals surface area contributed by atoms with Gasteiger partial charge in [0, 0.05) is 24.4 Å². The Morgan fingerprint density at radius 2 is 1.78 bits per heavy atom. The summed E-state index contributed by atoms with van der Waals surface area (Å²) in [5.41, 5.74) is 1.88. The molecule has 0 radical (unpaired) electrons. The van der Waals surface area contributed by atoms with E-state index in [1.807, 2.05) is 30.3 Å². The first-order chi connectivity index (χ1) is 11.2. The molecule has 0 aliphatic heterocycles. The van der Waals surface area contributed by atoms with Gasteiger partial charge in [0.25, 0.3) is 0 Å². The maximum Gasteiger partial charge on any atom is 0.224 e. The Bertz CT molecular complexity index is 847. The third kappa shape index (κ3) is 3.77. The van der Waals surface area contributed by atoms with E-state index < -0.39 is 0 Å². The number of nitrogens with one attached hydrogen (secondary N) is 1. The number of anilines is 1. The Morgan fingerprint density at radius 3 is 2.61 bits per heavy atom. The van der Waals surface area contributed by atoms with Crippen LogP contribution in [0, 0.1) is 0 Å². The smallest absolute Gasteiger partial charge is 0.224 e. The summed E-state index contributed by atoms with van der Waals surface area (Å²) in [5.74, 6) is -0.358. The molecule has 114 valence electrons. The summed E-state index contributed by atoms with van der Waals surface area (Å²) in [6, 6.07) is 14.7. The number of carbonyl (C=O) groups excluding carboxylic acids is 2. The molecule has 0 saturated carbocycles. The quantitative estimate of drug-likeness (QED) is 0.735. The third-order valence-electron chi connectivity index (χ3n) is 3.40. The van der Waals surface area contributed by atoms with Gasteiger partial charge in [0.1, 0.15) is 5.69 Å². The Hall–Kier alpha value is -3.08. The zero-order valence-corrected chi connectivity index (χ0v) is 12.4. The predicted octanol–water partition coefficient (Wildman–Crippen LogP) is 3.23. The lowest BCUT2D eigenvalue weighted by molar-refractivity contribution is -0.116. The summed E-state index contributed by atoms with van der Waals surface area (Å²) in [6.45, 7) is 0. The molecule has 0 fully saturated rings. The van der Waals surface area contributed by atoms with Crippen molar-refractivity contribution >= 4 is 28.3 Å². The van der Waals surface area contributed by atoms with E-state index in [9.17, 15) is 9.59 Å². The van der Waals surface area contributed by atoms with E-state index in [0.717, 1.165) is 10.9 Å². The molecule has 23 heavy (non-hydrogen) atoms. The van der Waals surface area contributed by atoms with E-state index in [-0.39, 0.29) is 24.5 Å². The lowest BCUT2D eigenvalue weighted by atomic mass is 10.1. The van der Waals surface area contributed by atoms with Gasteiger partial charge in [-0.1, -0.05) is 24.3 Å². The number of para-hydroxylation sites is 1. The van der Waals surface area contributed by atoms with Crippen LogP contribution in [0.5, 0.6) is 0 Å². The van der Waals surface area contributed by atoms with E-state index >= 15 is 0 Å². The number of amides is 1. The molecule has 0 saturated heterocycles. The molecule has 3 aromatic rings. The van der Waals surface area contributed by atoms with Gasteiger partial charge in [0.15, 0.2) is 5.78 Å². The average Bonchev–Trinajstić information content (AvgIpc) is 2.60. The van der Waals surface area contributed by atoms with Gasteiger partial charge in [-0.15, -0.1) is 0 Å². The number of aromatic nitrogens is 2. The van der Waals surface area contributed by atoms with Crippen LogP contribution < -0.4 is 5.32 Å². The van der Waals surface area contributed by atoms with Crippen molar-refractivity contribution in [2.75, 3.05) is 5.32 Å². The fourth-order valence-corrected chi connectivity index (χ4v) is 2.25. The van der Waals surface area contributed by atoms with Crippen molar-refractivity contribution in [2.24, 2.45) is 0 Å². The monoisotopic (exact) mass is 305 g/mol. The number of nitrogens with zero attached hydrogens (tertiary/aromatic N) is 2. The molecular weight excluding hydrogens is 290 g/mol. The van der Waals surface area contributed by atoms with Gasteiger partial charge in [0.2, 0.25) is 5.91 Å². The van der Waals surface area contributed by atoms with Crippen molar-refractivity contribution in [3.8, 4) is 0 Å². The van der Waals surface area contributed by atoms with E-state index in [2.05, 4.69) is 15.3 Å². The summed E-state index contributed by atoms with van der Waals surface area (Å²) >= 11 is 0. The minimum Gasteiger partial charge on any atom is -0.325 e. The van der Waals surface area contributed by atoms with Crippen molar-refractivity contribution in [3.05, 3.63) is 66.6 Å². The highest BCUT2D eigenvalue weighted by molar-refractivity contribution is 5.99. The second-order valence-electron chi connectivity index (χ2n) is 5.10. The van der Waals surface area contributed by atoms with Crippen molar-refractivity contribution in [2.45, 2.75) is 12.8 Å². The zero-order valence-electron chi connectivity index (χ0n) is 12.4. The largest absolute Gasteiger partial charge is 0.325 e. The Labute approximate surface area is 133 Å². The van der Waals surface area contributed by atoms with Crippen LogP contribution in [-0.4, -0.2) is 21.7 Å². The van der Waals surface area contributed by atoms with Gasteiger partial charge in [-0.2, -0.15) is 0 Å². The fraction of sp³-hybridized carbons (Fsp3) is 0.111. The topological polar surface area (TPSA) is 72.0 Å². The van der Waals surface area contributed by atoms with E-state index in [4.69, 9.17) is 0 Å². The van der Waals surface area contributed by atoms with Crippen LogP contribution in [0.15, 0.2) is 60.9 Å². The number of hydrogen-bond acceptors (Lipinski definition) is 4. The Morgan fingerprint density at radius 1 is 0.957 bits per heavy atom. The predicted molar refractivity (Wildman–Crippen MR) is 88.2 cm³/mol. The Kier molecular flexibility index (Phi) is 4.38. The number of ketones is 1. The van der Waals surface area contributed by atoms with Crippen LogP contribution in [0.4, 0.5) is 5.69 Å². The molecule has 0 aliphatic carbocycles. The summed E-state index contributed by atoms with van der Waals surface area (Å²) in [7, 11) is 0. The molecule has 5 heteroatoms. The highest BCUT2D eigenvalue weighted by Crippen LogP contribution is 2.16.